The van der Waals surface area contributed by atoms with E-state index in [4.69, 9.17) is 14.5 Å². The number of imide groups is 1. The highest BCUT2D eigenvalue weighted by molar-refractivity contribution is 7.11. The summed E-state index contributed by atoms with van der Waals surface area (Å²) in [6.45, 7) is 8.64. The first-order valence-corrected chi connectivity index (χ1v) is 24.2. The number of methoxy groups -OCH3 is 1. The minimum Gasteiger partial charge on any atom is -0.496 e. The molecular weight excluding hydrogens is 908 g/mol. The van der Waals surface area contributed by atoms with Crippen LogP contribution in [0.5, 0.6) is 5.75 Å². The molecule has 0 saturated carbocycles. The van der Waals surface area contributed by atoms with Gasteiger partial charge in [-0.05, 0) is 94.8 Å². The molecule has 2 saturated heterocycles. The first-order valence-electron chi connectivity index (χ1n) is 23.4. The van der Waals surface area contributed by atoms with Gasteiger partial charge < -0.3 is 34.4 Å². The van der Waals surface area contributed by atoms with Crippen molar-refractivity contribution >= 4 is 76.3 Å². The van der Waals surface area contributed by atoms with Gasteiger partial charge in [-0.15, -0.1) is 23.7 Å². The van der Waals surface area contributed by atoms with Crippen LogP contribution in [-0.4, -0.2) is 114 Å². The Labute approximate surface area is 407 Å². The number of benzene rings is 2. The lowest BCUT2D eigenvalue weighted by Crippen LogP contribution is -2.52. The summed E-state index contributed by atoms with van der Waals surface area (Å²) in [5.41, 5.74) is 3.89. The Hall–Kier alpha value is -5.75. The van der Waals surface area contributed by atoms with E-state index in [1.807, 2.05) is 25.1 Å². The lowest BCUT2D eigenvalue weighted by molar-refractivity contribution is -0.137. The van der Waals surface area contributed by atoms with Crippen molar-refractivity contribution in [2.75, 3.05) is 62.1 Å². The molecule has 2 atom stereocenters. The number of likely N-dealkylation sites (tertiary alicyclic amines) is 1. The van der Waals surface area contributed by atoms with Gasteiger partial charge in [0, 0.05) is 90.1 Å². The Bertz CT molecular complexity index is 2530. The summed E-state index contributed by atoms with van der Waals surface area (Å²) in [6, 6.07) is 14.0. The number of hydrogen-bond donors (Lipinski definition) is 2. The van der Waals surface area contributed by atoms with Gasteiger partial charge in [0.1, 0.15) is 29.3 Å². The van der Waals surface area contributed by atoms with Crippen LogP contribution < -0.4 is 25.2 Å². The molecule has 4 aliphatic rings. The van der Waals surface area contributed by atoms with Crippen LogP contribution in [0, 0.1) is 12.8 Å². The van der Waals surface area contributed by atoms with Crippen molar-refractivity contribution in [1.29, 1.82) is 0 Å². The summed E-state index contributed by atoms with van der Waals surface area (Å²) in [4.78, 5) is 96.6. The number of aromatic nitrogens is 2. The van der Waals surface area contributed by atoms with E-state index in [1.165, 1.54) is 14.7 Å². The highest BCUT2D eigenvalue weighted by Crippen LogP contribution is 2.37. The Morgan fingerprint density at radius 3 is 2.54 bits per heavy atom. The third-order valence-corrected chi connectivity index (χ3v) is 14.4. The molecule has 362 valence electrons. The fourth-order valence-corrected chi connectivity index (χ4v) is 10.5. The average molecular weight is 970 g/mol. The number of halogens is 1. The Balaban J connectivity index is 0.00000684. The molecule has 1 unspecified atom stereocenters. The van der Waals surface area contributed by atoms with Crippen LogP contribution in [0.2, 0.25) is 0 Å². The van der Waals surface area contributed by atoms with Gasteiger partial charge >= 0.3 is 0 Å². The topological polar surface area (TPSA) is 184 Å². The summed E-state index contributed by atoms with van der Waals surface area (Å²) >= 11 is 1.72. The predicted octanol–water partition coefficient (Wildman–Crippen LogP) is 6.50. The molecule has 0 aliphatic carbocycles. The van der Waals surface area contributed by atoms with Gasteiger partial charge in [-0.1, -0.05) is 25.1 Å². The van der Waals surface area contributed by atoms with Gasteiger partial charge in [-0.25, -0.2) is 9.97 Å². The molecule has 2 fully saturated rings. The van der Waals surface area contributed by atoms with Crippen LogP contribution in [0.1, 0.15) is 112 Å². The molecule has 6 heterocycles. The highest BCUT2D eigenvalue weighted by Gasteiger charge is 2.40. The first-order chi connectivity index (χ1) is 32.4. The lowest BCUT2D eigenvalue weighted by Gasteiger charge is -2.40. The van der Waals surface area contributed by atoms with Crippen molar-refractivity contribution in [3.8, 4) is 5.75 Å². The van der Waals surface area contributed by atoms with Crippen molar-refractivity contribution in [2.24, 2.45) is 5.92 Å². The lowest BCUT2D eigenvalue weighted by atomic mass is 9.89. The summed E-state index contributed by atoms with van der Waals surface area (Å²) < 4.78 is 11.7. The number of amides is 5. The Morgan fingerprint density at radius 2 is 1.81 bits per heavy atom. The fraction of sp³-hybridized carbons (Fsp3) is 0.480. The number of ketones is 1. The second-order valence-electron chi connectivity index (χ2n) is 17.9. The van der Waals surface area contributed by atoms with Crippen LogP contribution in [-0.2, 0) is 43.4 Å². The minimum atomic E-state index is -0.714. The monoisotopic (exact) mass is 968 g/mol. The SMILES string of the molecule is CC[C@@H]1C(=O)N(C)c2cnc(Cc3ccc(C(=O)CC4CCN(CCOCCCCC(=O)Nc5cccc6c5CN(C5CCC(=O)NC5=O)C6=O)CC4)cc3OC)nc2N1Cc1ccc(C)s1.Cl. The largest absolute Gasteiger partial charge is 0.496 e. The van der Waals surface area contributed by atoms with Gasteiger partial charge in [0.2, 0.25) is 23.6 Å². The second kappa shape index (κ2) is 22.6. The number of carbonyl (C=O) groups excluding carboxylic acids is 6. The number of anilines is 3. The fourth-order valence-electron chi connectivity index (χ4n) is 9.61. The number of carbonyl (C=O) groups is 6. The van der Waals surface area contributed by atoms with Crippen molar-refractivity contribution in [1.82, 2.24) is 25.1 Å². The number of nitrogens with one attached hydrogen (secondary N) is 2. The number of thiophene rings is 1. The number of aryl methyl sites for hydroxylation is 1. The normalized spacial score (nSPS) is 18.6. The minimum absolute atomic E-state index is 0. The van der Waals surface area contributed by atoms with E-state index >= 15 is 0 Å². The highest BCUT2D eigenvalue weighted by atomic mass is 35.5. The van der Waals surface area contributed by atoms with Crippen LogP contribution in [0.3, 0.4) is 0 Å². The third kappa shape index (κ3) is 11.4. The van der Waals surface area contributed by atoms with E-state index in [9.17, 15) is 28.8 Å². The van der Waals surface area contributed by atoms with Crippen LogP contribution in [0.25, 0.3) is 0 Å². The molecule has 68 heavy (non-hydrogen) atoms. The summed E-state index contributed by atoms with van der Waals surface area (Å²) in [6.07, 6.45) is 7.28. The van der Waals surface area contributed by atoms with Crippen molar-refractivity contribution in [3.05, 3.63) is 92.6 Å². The van der Waals surface area contributed by atoms with Crippen LogP contribution >= 0.6 is 23.7 Å². The molecule has 8 rings (SSSR count). The van der Waals surface area contributed by atoms with E-state index in [0.29, 0.717) is 97.4 Å². The molecule has 0 bridgehead atoms. The van der Waals surface area contributed by atoms with E-state index < -0.39 is 11.9 Å². The zero-order valence-electron chi connectivity index (χ0n) is 39.2. The first kappa shape index (κ1) is 50.1. The molecule has 2 aromatic heterocycles. The smallest absolute Gasteiger partial charge is 0.255 e. The summed E-state index contributed by atoms with van der Waals surface area (Å²) in [5.74, 6) is 1.15. The number of unbranched alkanes of at least 4 members (excludes halogenated alkanes) is 1. The molecule has 0 spiro atoms. The second-order valence-corrected chi connectivity index (χ2v) is 19.3. The molecule has 4 aliphatic heterocycles. The molecular formula is C50H61ClN8O8S. The van der Waals surface area contributed by atoms with Crippen LogP contribution in [0.4, 0.5) is 17.2 Å². The number of nitrogens with zero attached hydrogens (tertiary/aromatic N) is 6. The zero-order chi connectivity index (χ0) is 47.2. The number of Topliss-reactive ketones (excluding diaryl/α,β-unsaturated/α-hetero) is 1. The molecule has 5 amide bonds. The number of hydrogen-bond acceptors (Lipinski definition) is 13. The van der Waals surface area contributed by atoms with Gasteiger partial charge in [0.25, 0.3) is 5.91 Å². The maximum Gasteiger partial charge on any atom is 0.255 e. The van der Waals surface area contributed by atoms with Gasteiger partial charge in [-0.2, -0.15) is 0 Å². The van der Waals surface area contributed by atoms with E-state index in [2.05, 4.69) is 44.5 Å². The average Bonchev–Trinajstić information content (AvgIpc) is 3.90. The van der Waals surface area contributed by atoms with Crippen molar-refractivity contribution in [2.45, 2.75) is 103 Å². The Kier molecular flexibility index (Phi) is 16.6. The Morgan fingerprint density at radius 1 is 1.00 bits per heavy atom. The maximum absolute atomic E-state index is 13.6. The van der Waals surface area contributed by atoms with E-state index in [-0.39, 0.29) is 67.2 Å². The zero-order valence-corrected chi connectivity index (χ0v) is 40.8. The van der Waals surface area contributed by atoms with Gasteiger partial charge in [0.05, 0.1) is 26.5 Å². The standard InChI is InChI=1S/C50H60N8O8S.ClH/c1-5-39-50(64)55(3)41-28-51-44(53-47(41)57(39)29-35-15-12-31(2)67-35)27-34-14-13-33(26-43(34)65-4)42(59)25-32-18-20-56(21-19-32)22-24-66-23-7-6-11-45(60)52-38-10-8-9-36-37(38)30-58(49(36)63)40-16-17-46(61)54-48(40)62;/h8-10,12-15,26,28,32,39-40H,5-7,11,16-25,27,29-30H2,1-4H3,(H,52,60)(H,54,61,62);1H/t39-,40?;/m1./s1. The molecule has 18 heteroatoms. The number of fused-ring (bicyclic) bond motifs is 2. The number of ether oxygens (including phenoxy) is 2. The van der Waals surface area contributed by atoms with E-state index in [0.717, 1.165) is 50.3 Å². The summed E-state index contributed by atoms with van der Waals surface area (Å²) in [5, 5.41) is 5.26. The quantitative estimate of drug-likeness (QED) is 0.0592. The van der Waals surface area contributed by atoms with Crippen molar-refractivity contribution in [3.63, 3.8) is 0 Å². The maximum atomic E-state index is 13.6. The molecule has 0 radical (unpaired) electrons. The summed E-state index contributed by atoms with van der Waals surface area (Å²) in [7, 11) is 3.39. The van der Waals surface area contributed by atoms with Gasteiger partial charge in [-0.3, -0.25) is 34.1 Å². The molecule has 2 aromatic carbocycles. The van der Waals surface area contributed by atoms with Crippen LogP contribution in [0.15, 0.2) is 54.7 Å². The number of likely N-dealkylation sites (N-methyl/N-ethyl adjacent to an activating group) is 1. The molecule has 2 N–H and O–H groups in total. The molecule has 4 aromatic rings. The van der Waals surface area contributed by atoms with Crippen molar-refractivity contribution < 1.29 is 38.2 Å². The van der Waals surface area contributed by atoms with Gasteiger partial charge in [0.15, 0.2) is 11.6 Å². The number of piperidine rings is 2. The molecule has 16 nitrogen and oxygen atoms in total. The van der Waals surface area contributed by atoms with E-state index in [1.54, 1.807) is 54.8 Å². The third-order valence-electron chi connectivity index (χ3n) is 13.4. The predicted molar refractivity (Wildman–Crippen MR) is 262 cm³/mol. The number of rotatable bonds is 19.